The van der Waals surface area contributed by atoms with Crippen molar-refractivity contribution in [2.75, 3.05) is 17.6 Å². The molecule has 0 unspecified atom stereocenters. The molecule has 5 heteroatoms. The van der Waals surface area contributed by atoms with E-state index in [9.17, 15) is 0 Å². The average Bonchev–Trinajstić information content (AvgIpc) is 2.60. The SMILES string of the molecule is CC1(CNc2n[nH]c(N)n2)CC1. The molecule has 0 radical (unpaired) electrons. The Morgan fingerprint density at radius 3 is 2.92 bits per heavy atom. The summed E-state index contributed by atoms with van der Waals surface area (Å²) in [6.45, 7) is 3.18. The molecule has 66 valence electrons. The molecule has 0 bridgehead atoms. The Bertz CT molecular complexity index is 275. The van der Waals surface area contributed by atoms with Gasteiger partial charge >= 0.3 is 0 Å². The van der Waals surface area contributed by atoms with Crippen LogP contribution in [0.5, 0.6) is 0 Å². The van der Waals surface area contributed by atoms with Crippen molar-refractivity contribution >= 4 is 11.9 Å². The van der Waals surface area contributed by atoms with E-state index in [-0.39, 0.29) is 0 Å². The van der Waals surface area contributed by atoms with Gasteiger partial charge in [0.1, 0.15) is 0 Å². The molecule has 0 saturated heterocycles. The zero-order chi connectivity index (χ0) is 8.60. The number of H-pyrrole nitrogens is 1. The highest BCUT2D eigenvalue weighted by Crippen LogP contribution is 2.44. The van der Waals surface area contributed by atoms with E-state index in [1.165, 1.54) is 12.8 Å². The first-order valence-corrected chi connectivity index (χ1v) is 4.10. The minimum atomic E-state index is 0.360. The molecule has 1 fully saturated rings. The van der Waals surface area contributed by atoms with Crippen LogP contribution in [0.2, 0.25) is 0 Å². The molecule has 0 spiro atoms. The first-order valence-electron chi connectivity index (χ1n) is 4.10. The van der Waals surface area contributed by atoms with E-state index >= 15 is 0 Å². The van der Waals surface area contributed by atoms with Crippen LogP contribution >= 0.6 is 0 Å². The maximum Gasteiger partial charge on any atom is 0.243 e. The van der Waals surface area contributed by atoms with Crippen LogP contribution in [0.25, 0.3) is 0 Å². The van der Waals surface area contributed by atoms with Crippen molar-refractivity contribution in [3.05, 3.63) is 0 Å². The van der Waals surface area contributed by atoms with Gasteiger partial charge in [-0.2, -0.15) is 4.98 Å². The third-order valence-electron chi connectivity index (χ3n) is 2.28. The van der Waals surface area contributed by atoms with Crippen molar-refractivity contribution in [3.8, 4) is 0 Å². The third kappa shape index (κ3) is 1.49. The molecule has 0 atom stereocenters. The molecule has 1 saturated carbocycles. The van der Waals surface area contributed by atoms with Crippen LogP contribution in [0.1, 0.15) is 19.8 Å². The van der Waals surface area contributed by atoms with Gasteiger partial charge in [-0.15, -0.1) is 5.10 Å². The Balaban J connectivity index is 1.87. The molecule has 2 rings (SSSR count). The predicted octanol–water partition coefficient (Wildman–Crippen LogP) is 0.599. The van der Waals surface area contributed by atoms with Gasteiger partial charge in [0.15, 0.2) is 0 Å². The lowest BCUT2D eigenvalue weighted by Crippen LogP contribution is -2.12. The number of rotatable bonds is 3. The highest BCUT2D eigenvalue weighted by atomic mass is 15.3. The minimum Gasteiger partial charge on any atom is -0.368 e. The van der Waals surface area contributed by atoms with Gasteiger partial charge in [-0.05, 0) is 18.3 Å². The second-order valence-electron chi connectivity index (χ2n) is 3.71. The zero-order valence-corrected chi connectivity index (χ0v) is 7.09. The molecule has 4 N–H and O–H groups in total. The number of nitrogen functional groups attached to an aromatic ring is 1. The van der Waals surface area contributed by atoms with Crippen molar-refractivity contribution in [1.29, 1.82) is 0 Å². The molecule has 1 aromatic heterocycles. The van der Waals surface area contributed by atoms with Crippen molar-refractivity contribution in [3.63, 3.8) is 0 Å². The molecule has 1 aliphatic carbocycles. The highest BCUT2D eigenvalue weighted by Gasteiger charge is 2.36. The summed E-state index contributed by atoms with van der Waals surface area (Å²) >= 11 is 0. The van der Waals surface area contributed by atoms with E-state index in [2.05, 4.69) is 27.4 Å². The normalized spacial score (nSPS) is 19.1. The smallest absolute Gasteiger partial charge is 0.243 e. The molecule has 12 heavy (non-hydrogen) atoms. The lowest BCUT2D eigenvalue weighted by molar-refractivity contribution is 0.608. The number of aromatic amines is 1. The summed E-state index contributed by atoms with van der Waals surface area (Å²) in [5.41, 5.74) is 5.83. The average molecular weight is 167 g/mol. The molecule has 1 aromatic rings. The van der Waals surface area contributed by atoms with Gasteiger partial charge in [0, 0.05) is 6.54 Å². The minimum absolute atomic E-state index is 0.360. The van der Waals surface area contributed by atoms with Crippen molar-refractivity contribution in [1.82, 2.24) is 15.2 Å². The zero-order valence-electron chi connectivity index (χ0n) is 7.09. The van der Waals surface area contributed by atoms with Gasteiger partial charge in [-0.25, -0.2) is 5.10 Å². The molecule has 0 aromatic carbocycles. The molecular formula is C7H13N5. The molecule has 0 aliphatic heterocycles. The fourth-order valence-electron chi connectivity index (χ4n) is 1.04. The third-order valence-corrected chi connectivity index (χ3v) is 2.28. The maximum absolute atomic E-state index is 5.36. The number of nitrogens with two attached hydrogens (primary N) is 1. The largest absolute Gasteiger partial charge is 0.368 e. The standard InChI is InChI=1S/C7H13N5/c1-7(2-3-7)4-9-6-10-5(8)11-12-6/h2-4H2,1H3,(H4,8,9,10,11,12). The quantitative estimate of drug-likeness (QED) is 0.615. The van der Waals surface area contributed by atoms with Crippen LogP contribution in [-0.4, -0.2) is 21.7 Å². The van der Waals surface area contributed by atoms with E-state index in [4.69, 9.17) is 5.73 Å². The Morgan fingerprint density at radius 2 is 2.42 bits per heavy atom. The van der Waals surface area contributed by atoms with E-state index in [0.29, 0.717) is 17.3 Å². The van der Waals surface area contributed by atoms with Gasteiger partial charge in [-0.1, -0.05) is 6.92 Å². The number of hydrogen-bond donors (Lipinski definition) is 3. The summed E-state index contributed by atoms with van der Waals surface area (Å²) in [5.74, 6) is 0.957. The van der Waals surface area contributed by atoms with E-state index in [1.54, 1.807) is 0 Å². The summed E-state index contributed by atoms with van der Waals surface area (Å²) in [6, 6.07) is 0. The molecule has 1 heterocycles. The Hall–Kier alpha value is -1.26. The molecule has 5 nitrogen and oxygen atoms in total. The van der Waals surface area contributed by atoms with E-state index < -0.39 is 0 Å². The van der Waals surface area contributed by atoms with Crippen LogP contribution in [0.4, 0.5) is 11.9 Å². The van der Waals surface area contributed by atoms with Crippen LogP contribution in [0.3, 0.4) is 0 Å². The van der Waals surface area contributed by atoms with Gasteiger partial charge < -0.3 is 11.1 Å². The molecular weight excluding hydrogens is 154 g/mol. The van der Waals surface area contributed by atoms with Crippen molar-refractivity contribution in [2.45, 2.75) is 19.8 Å². The number of nitrogens with zero attached hydrogens (tertiary/aromatic N) is 2. The van der Waals surface area contributed by atoms with E-state index in [1.807, 2.05) is 0 Å². The molecule has 0 amide bonds. The summed E-state index contributed by atoms with van der Waals surface area (Å²) in [4.78, 5) is 3.94. The van der Waals surface area contributed by atoms with Gasteiger partial charge in [0.05, 0.1) is 0 Å². The van der Waals surface area contributed by atoms with Crippen LogP contribution in [0, 0.1) is 5.41 Å². The Kier molecular flexibility index (Phi) is 1.46. The number of anilines is 2. The van der Waals surface area contributed by atoms with E-state index in [0.717, 1.165) is 6.54 Å². The van der Waals surface area contributed by atoms with Gasteiger partial charge in [-0.3, -0.25) is 0 Å². The topological polar surface area (TPSA) is 79.6 Å². The monoisotopic (exact) mass is 167 g/mol. The number of aromatic nitrogens is 3. The van der Waals surface area contributed by atoms with Crippen LogP contribution < -0.4 is 11.1 Å². The first kappa shape index (κ1) is 7.39. The highest BCUT2D eigenvalue weighted by molar-refractivity contribution is 5.30. The molecule has 1 aliphatic rings. The lowest BCUT2D eigenvalue weighted by Gasteiger charge is -2.06. The van der Waals surface area contributed by atoms with Crippen LogP contribution in [0.15, 0.2) is 0 Å². The first-order chi connectivity index (χ1) is 5.68. The Morgan fingerprint density at radius 1 is 1.67 bits per heavy atom. The summed E-state index contributed by atoms with van der Waals surface area (Å²) < 4.78 is 0. The van der Waals surface area contributed by atoms with Crippen molar-refractivity contribution in [2.24, 2.45) is 5.41 Å². The maximum atomic E-state index is 5.36. The second kappa shape index (κ2) is 2.36. The van der Waals surface area contributed by atoms with Crippen LogP contribution in [-0.2, 0) is 0 Å². The second-order valence-corrected chi connectivity index (χ2v) is 3.71. The lowest BCUT2D eigenvalue weighted by atomic mass is 10.1. The summed E-state index contributed by atoms with van der Waals surface area (Å²) in [7, 11) is 0. The van der Waals surface area contributed by atoms with Gasteiger partial charge in [0.25, 0.3) is 0 Å². The van der Waals surface area contributed by atoms with Gasteiger partial charge in [0.2, 0.25) is 11.9 Å². The summed E-state index contributed by atoms with van der Waals surface area (Å²) in [6.07, 6.45) is 2.58. The summed E-state index contributed by atoms with van der Waals surface area (Å²) in [5, 5.41) is 9.59. The van der Waals surface area contributed by atoms with Crippen molar-refractivity contribution < 1.29 is 0 Å². The fraction of sp³-hybridized carbons (Fsp3) is 0.714. The fourth-order valence-corrected chi connectivity index (χ4v) is 1.04. The Labute approximate surface area is 70.8 Å². The predicted molar refractivity (Wildman–Crippen MR) is 46.6 cm³/mol. The number of nitrogens with one attached hydrogen (secondary N) is 2. The number of hydrogen-bond acceptors (Lipinski definition) is 4.